The van der Waals surface area contributed by atoms with Gasteiger partial charge < -0.3 is 11.1 Å². The summed E-state index contributed by atoms with van der Waals surface area (Å²) in [4.78, 5) is 18.2. The van der Waals surface area contributed by atoms with Crippen molar-refractivity contribution in [2.75, 3.05) is 11.5 Å². The predicted molar refractivity (Wildman–Crippen MR) is 152 cm³/mol. The van der Waals surface area contributed by atoms with E-state index in [2.05, 4.69) is 51.1 Å². The number of thioether (sulfide) groups is 1. The molecule has 0 saturated carbocycles. The monoisotopic (exact) mass is 533 g/mol. The first-order chi connectivity index (χ1) is 17.7. The minimum atomic E-state index is -0.219. The lowest BCUT2D eigenvalue weighted by Crippen LogP contribution is -2.22. The van der Waals surface area contributed by atoms with Crippen LogP contribution in [-0.2, 0) is 13.0 Å². The van der Waals surface area contributed by atoms with Gasteiger partial charge in [-0.3, -0.25) is 9.78 Å². The first kappa shape index (κ1) is 26.7. The Morgan fingerprint density at radius 3 is 2.65 bits per heavy atom. The molecule has 37 heavy (non-hydrogen) atoms. The molecule has 0 atom stereocenters. The number of amides is 1. The van der Waals surface area contributed by atoms with Crippen LogP contribution in [0.4, 0.5) is 5.69 Å². The SMILES string of the molecule is C=C(CC)c1c(SCCc2nnc3sc(C(=O)NCc4ccnc(C)c4)c(N)c3c2C)nnc(C)c1C. The van der Waals surface area contributed by atoms with E-state index in [0.717, 1.165) is 67.5 Å². The van der Waals surface area contributed by atoms with E-state index in [4.69, 9.17) is 5.73 Å². The van der Waals surface area contributed by atoms with E-state index in [9.17, 15) is 4.79 Å². The molecule has 0 unspecified atom stereocenters. The molecule has 0 fully saturated rings. The van der Waals surface area contributed by atoms with Crippen molar-refractivity contribution in [2.24, 2.45) is 0 Å². The van der Waals surface area contributed by atoms with Crippen molar-refractivity contribution in [1.29, 1.82) is 0 Å². The molecular weight excluding hydrogens is 502 g/mol. The highest BCUT2D eigenvalue weighted by molar-refractivity contribution is 7.99. The number of carbonyl (C=O) groups is 1. The second-order valence-corrected chi connectivity index (χ2v) is 11.0. The number of hydrogen-bond donors (Lipinski definition) is 2. The molecule has 0 bridgehead atoms. The van der Waals surface area contributed by atoms with E-state index in [-0.39, 0.29) is 5.91 Å². The molecule has 0 aliphatic rings. The van der Waals surface area contributed by atoms with Crippen LogP contribution in [0.2, 0.25) is 0 Å². The van der Waals surface area contributed by atoms with Gasteiger partial charge in [0.25, 0.3) is 5.91 Å². The molecule has 4 aromatic heterocycles. The molecule has 10 heteroatoms. The van der Waals surface area contributed by atoms with Gasteiger partial charge in [-0.15, -0.1) is 33.3 Å². The van der Waals surface area contributed by atoms with Gasteiger partial charge in [-0.1, -0.05) is 13.5 Å². The maximum atomic E-state index is 12.9. The molecule has 3 N–H and O–H groups in total. The zero-order chi connectivity index (χ0) is 26.7. The summed E-state index contributed by atoms with van der Waals surface area (Å²) in [5.41, 5.74) is 14.8. The average molecular weight is 534 g/mol. The van der Waals surface area contributed by atoms with Crippen LogP contribution >= 0.6 is 23.1 Å². The van der Waals surface area contributed by atoms with E-state index in [1.807, 2.05) is 32.9 Å². The van der Waals surface area contributed by atoms with E-state index in [0.29, 0.717) is 28.4 Å². The molecule has 192 valence electrons. The Balaban J connectivity index is 1.50. The molecule has 0 saturated heterocycles. The highest BCUT2D eigenvalue weighted by Gasteiger charge is 2.21. The van der Waals surface area contributed by atoms with Gasteiger partial charge in [0.05, 0.1) is 17.1 Å². The topological polar surface area (TPSA) is 120 Å². The first-order valence-corrected chi connectivity index (χ1v) is 13.9. The van der Waals surface area contributed by atoms with Crippen molar-refractivity contribution in [1.82, 2.24) is 30.7 Å². The van der Waals surface area contributed by atoms with Crippen molar-refractivity contribution >= 4 is 50.5 Å². The summed E-state index contributed by atoms with van der Waals surface area (Å²) >= 11 is 2.91. The molecule has 1 amide bonds. The molecule has 4 aromatic rings. The molecule has 0 aliphatic heterocycles. The summed E-state index contributed by atoms with van der Waals surface area (Å²) < 4.78 is 0. The lowest BCUT2D eigenvalue weighted by molar-refractivity contribution is 0.0956. The molecule has 4 rings (SSSR count). The third kappa shape index (κ3) is 5.65. The number of aryl methyl sites for hydroxylation is 4. The van der Waals surface area contributed by atoms with Gasteiger partial charge in [0.1, 0.15) is 14.7 Å². The summed E-state index contributed by atoms with van der Waals surface area (Å²) in [6, 6.07) is 3.82. The van der Waals surface area contributed by atoms with Crippen LogP contribution in [0, 0.1) is 27.7 Å². The van der Waals surface area contributed by atoms with Crippen molar-refractivity contribution in [3.8, 4) is 0 Å². The number of pyridine rings is 1. The van der Waals surface area contributed by atoms with Crippen LogP contribution in [0.3, 0.4) is 0 Å². The number of rotatable bonds is 9. The molecule has 0 aliphatic carbocycles. The molecular formula is C27H31N7OS2. The van der Waals surface area contributed by atoms with Gasteiger partial charge in [-0.05, 0) is 68.5 Å². The minimum absolute atomic E-state index is 0.219. The van der Waals surface area contributed by atoms with Crippen LogP contribution in [-0.4, -0.2) is 37.0 Å². The van der Waals surface area contributed by atoms with Crippen molar-refractivity contribution in [2.45, 2.75) is 59.0 Å². The van der Waals surface area contributed by atoms with Crippen LogP contribution < -0.4 is 11.1 Å². The Hall–Kier alpha value is -3.37. The fourth-order valence-corrected chi connectivity index (χ4v) is 6.14. The number of thiophene rings is 1. The summed E-state index contributed by atoms with van der Waals surface area (Å²) in [6.45, 7) is 14.7. The highest BCUT2D eigenvalue weighted by atomic mass is 32.2. The largest absolute Gasteiger partial charge is 0.397 e. The fourth-order valence-electron chi connectivity index (χ4n) is 4.10. The summed E-state index contributed by atoms with van der Waals surface area (Å²) in [7, 11) is 0. The standard InChI is InChI=1S/C27H31N7OS2/c1-7-14(2)21-16(4)18(6)31-33-26(21)36-11-9-20-17(5)22-23(28)24(37-27(22)34-32-20)25(35)30-13-19-8-10-29-15(3)12-19/h8,10,12H,2,7,9,11,13,28H2,1,3-6H3,(H,30,35). The number of nitrogen functional groups attached to an aromatic ring is 1. The maximum Gasteiger partial charge on any atom is 0.263 e. The lowest BCUT2D eigenvalue weighted by Gasteiger charge is -2.14. The van der Waals surface area contributed by atoms with E-state index >= 15 is 0 Å². The average Bonchev–Trinajstić information content (AvgIpc) is 3.22. The second kappa shape index (κ2) is 11.4. The van der Waals surface area contributed by atoms with Crippen LogP contribution in [0.1, 0.15) is 62.4 Å². The number of allylic oxidation sites excluding steroid dienone is 1. The molecule has 0 aromatic carbocycles. The minimum Gasteiger partial charge on any atom is -0.397 e. The Labute approximate surface area is 225 Å². The maximum absolute atomic E-state index is 12.9. The number of nitrogens with one attached hydrogen (secondary N) is 1. The van der Waals surface area contributed by atoms with E-state index in [1.165, 1.54) is 11.3 Å². The summed E-state index contributed by atoms with van der Waals surface area (Å²) in [5.74, 6) is 0.536. The van der Waals surface area contributed by atoms with Crippen LogP contribution in [0.25, 0.3) is 15.8 Å². The third-order valence-corrected chi connectivity index (χ3v) is 8.45. The zero-order valence-electron chi connectivity index (χ0n) is 21.8. The third-order valence-electron chi connectivity index (χ3n) is 6.40. The normalized spacial score (nSPS) is 11.2. The van der Waals surface area contributed by atoms with Gasteiger partial charge in [0.2, 0.25) is 0 Å². The Bertz CT molecular complexity index is 1500. The quantitative estimate of drug-likeness (QED) is 0.275. The number of carbonyl (C=O) groups excluding carboxylic acids is 1. The molecule has 0 radical (unpaired) electrons. The van der Waals surface area contributed by atoms with Gasteiger partial charge in [0, 0.05) is 41.6 Å². The Morgan fingerprint density at radius 1 is 1.14 bits per heavy atom. The van der Waals surface area contributed by atoms with Crippen molar-refractivity contribution in [3.63, 3.8) is 0 Å². The van der Waals surface area contributed by atoms with Gasteiger partial charge in [-0.2, -0.15) is 10.2 Å². The van der Waals surface area contributed by atoms with E-state index in [1.54, 1.807) is 18.0 Å². The number of aromatic nitrogens is 5. The van der Waals surface area contributed by atoms with Gasteiger partial charge in [0.15, 0.2) is 0 Å². The smallest absolute Gasteiger partial charge is 0.263 e. The van der Waals surface area contributed by atoms with Crippen LogP contribution in [0.15, 0.2) is 29.9 Å². The van der Waals surface area contributed by atoms with Crippen molar-refractivity contribution < 1.29 is 4.79 Å². The fraction of sp³-hybridized carbons (Fsp3) is 0.333. The number of nitrogens with zero attached hydrogens (tertiary/aromatic N) is 5. The first-order valence-electron chi connectivity index (χ1n) is 12.1. The Morgan fingerprint density at radius 2 is 1.92 bits per heavy atom. The van der Waals surface area contributed by atoms with Gasteiger partial charge in [-0.25, -0.2) is 0 Å². The predicted octanol–water partition coefficient (Wildman–Crippen LogP) is 5.38. The Kier molecular flexibility index (Phi) is 8.19. The molecule has 0 spiro atoms. The zero-order valence-corrected chi connectivity index (χ0v) is 23.4. The summed E-state index contributed by atoms with van der Waals surface area (Å²) in [6.07, 6.45) is 3.28. The van der Waals surface area contributed by atoms with E-state index < -0.39 is 0 Å². The highest BCUT2D eigenvalue weighted by Crippen LogP contribution is 2.36. The second-order valence-electron chi connectivity index (χ2n) is 8.93. The lowest BCUT2D eigenvalue weighted by atomic mass is 10.0. The van der Waals surface area contributed by atoms with Gasteiger partial charge >= 0.3 is 0 Å². The van der Waals surface area contributed by atoms with Crippen LogP contribution in [0.5, 0.6) is 0 Å². The number of fused-ring (bicyclic) bond motifs is 1. The number of anilines is 1. The number of nitrogens with two attached hydrogens (primary N) is 1. The summed E-state index contributed by atoms with van der Waals surface area (Å²) in [5, 5.41) is 22.3. The number of hydrogen-bond acceptors (Lipinski definition) is 9. The molecule has 4 heterocycles. The molecule has 8 nitrogen and oxygen atoms in total. The van der Waals surface area contributed by atoms with Crippen molar-refractivity contribution in [3.05, 3.63) is 69.1 Å².